The van der Waals surface area contributed by atoms with E-state index >= 15 is 0 Å². The van der Waals surface area contributed by atoms with Crippen molar-refractivity contribution in [2.75, 3.05) is 18.5 Å². The van der Waals surface area contributed by atoms with Crippen molar-refractivity contribution >= 4 is 46.0 Å². The molecule has 146 valence electrons. The number of carbonyl (C=O) groups is 2. The van der Waals surface area contributed by atoms with Crippen molar-refractivity contribution in [2.45, 2.75) is 31.9 Å². The number of anilines is 1. The van der Waals surface area contributed by atoms with Crippen LogP contribution >= 0.6 is 22.9 Å². The number of hydrogen-bond donors (Lipinski definition) is 1. The number of carbonyl (C=O) groups excluding carboxylic acids is 2. The molecule has 0 bridgehead atoms. The molecule has 1 saturated heterocycles. The first-order chi connectivity index (χ1) is 13.6. The molecule has 1 fully saturated rings. The molecule has 1 N–H and O–H groups in total. The van der Waals surface area contributed by atoms with Gasteiger partial charge in [-0.05, 0) is 30.5 Å². The number of aromatic nitrogens is 1. The molecule has 1 aromatic heterocycles. The fourth-order valence-corrected chi connectivity index (χ4v) is 4.51. The molecule has 2 amide bonds. The summed E-state index contributed by atoms with van der Waals surface area (Å²) in [5.74, 6) is -0.205. The highest BCUT2D eigenvalue weighted by Gasteiger charge is 2.27. The monoisotopic (exact) mass is 417 g/mol. The van der Waals surface area contributed by atoms with Crippen molar-refractivity contribution in [3.8, 4) is 0 Å². The minimum atomic E-state index is -0.381. The standard InChI is InChI=1S/C20H20ClN3O3S/c21-14-5-2-1-4-13(14)7-8-18(25)24-10-9-15-17(12-24)28-20(22-15)23-19(26)16-6-3-11-27-16/h1-2,4-5,7-8,16H,3,6,9-12H2,(H,22,23,26)/b8-7+/t16-/m0/s1. The Balaban J connectivity index is 1.39. The minimum absolute atomic E-state index is 0.0658. The van der Waals surface area contributed by atoms with E-state index in [9.17, 15) is 9.59 Å². The number of benzene rings is 1. The zero-order chi connectivity index (χ0) is 19.5. The van der Waals surface area contributed by atoms with Crippen molar-refractivity contribution in [1.29, 1.82) is 0 Å². The molecule has 0 radical (unpaired) electrons. The van der Waals surface area contributed by atoms with E-state index in [2.05, 4.69) is 10.3 Å². The fourth-order valence-electron chi connectivity index (χ4n) is 3.28. The highest BCUT2D eigenvalue weighted by molar-refractivity contribution is 7.15. The number of ether oxygens (including phenoxy) is 1. The molecule has 0 spiro atoms. The summed E-state index contributed by atoms with van der Waals surface area (Å²) < 4.78 is 5.40. The molecule has 0 saturated carbocycles. The van der Waals surface area contributed by atoms with E-state index < -0.39 is 0 Å². The van der Waals surface area contributed by atoms with Crippen molar-refractivity contribution in [3.05, 3.63) is 51.5 Å². The lowest BCUT2D eigenvalue weighted by atomic mass is 10.1. The number of nitrogens with zero attached hydrogens (tertiary/aromatic N) is 2. The highest BCUT2D eigenvalue weighted by Crippen LogP contribution is 2.29. The maximum Gasteiger partial charge on any atom is 0.255 e. The van der Waals surface area contributed by atoms with Crippen LogP contribution in [0, 0.1) is 0 Å². The van der Waals surface area contributed by atoms with Gasteiger partial charge in [0.1, 0.15) is 6.10 Å². The summed E-state index contributed by atoms with van der Waals surface area (Å²) in [5.41, 5.74) is 1.76. The van der Waals surface area contributed by atoms with Crippen molar-refractivity contribution < 1.29 is 14.3 Å². The molecular weight excluding hydrogens is 398 g/mol. The predicted octanol–water partition coefficient (Wildman–Crippen LogP) is 3.51. The highest BCUT2D eigenvalue weighted by atomic mass is 35.5. The van der Waals surface area contributed by atoms with Crippen LogP contribution in [-0.4, -0.2) is 41.0 Å². The number of halogens is 1. The van der Waals surface area contributed by atoms with Gasteiger partial charge in [-0.2, -0.15) is 0 Å². The van der Waals surface area contributed by atoms with Gasteiger partial charge in [0.2, 0.25) is 5.91 Å². The maximum atomic E-state index is 12.5. The first-order valence-corrected chi connectivity index (χ1v) is 10.4. The van der Waals surface area contributed by atoms with Gasteiger partial charge in [0.15, 0.2) is 5.13 Å². The number of amides is 2. The molecule has 2 aromatic rings. The van der Waals surface area contributed by atoms with Crippen LogP contribution in [0.5, 0.6) is 0 Å². The normalized spacial score (nSPS) is 19.0. The van der Waals surface area contributed by atoms with Gasteiger partial charge >= 0.3 is 0 Å². The number of thiazole rings is 1. The molecule has 0 unspecified atom stereocenters. The second-order valence-corrected chi connectivity index (χ2v) is 8.24. The van der Waals surface area contributed by atoms with Gasteiger partial charge < -0.3 is 9.64 Å². The average molecular weight is 418 g/mol. The van der Waals surface area contributed by atoms with Crippen molar-refractivity contribution in [3.63, 3.8) is 0 Å². The Morgan fingerprint density at radius 1 is 1.36 bits per heavy atom. The van der Waals surface area contributed by atoms with E-state index in [0.29, 0.717) is 36.3 Å². The molecule has 1 atom stereocenters. The van der Waals surface area contributed by atoms with E-state index in [4.69, 9.17) is 16.3 Å². The number of hydrogen-bond acceptors (Lipinski definition) is 5. The van der Waals surface area contributed by atoms with E-state index in [0.717, 1.165) is 29.0 Å². The van der Waals surface area contributed by atoms with E-state index in [-0.39, 0.29) is 17.9 Å². The van der Waals surface area contributed by atoms with Gasteiger partial charge in [-0.1, -0.05) is 41.1 Å². The molecule has 1 aromatic carbocycles. The van der Waals surface area contributed by atoms with E-state index in [1.54, 1.807) is 23.1 Å². The Morgan fingerprint density at radius 3 is 3.00 bits per heavy atom. The van der Waals surface area contributed by atoms with Gasteiger partial charge in [-0.15, -0.1) is 0 Å². The van der Waals surface area contributed by atoms with Crippen LogP contribution in [0.4, 0.5) is 5.13 Å². The zero-order valence-corrected chi connectivity index (χ0v) is 16.8. The first-order valence-electron chi connectivity index (χ1n) is 9.23. The molecule has 6 nitrogen and oxygen atoms in total. The summed E-state index contributed by atoms with van der Waals surface area (Å²) in [7, 11) is 0. The van der Waals surface area contributed by atoms with Crippen LogP contribution < -0.4 is 5.32 Å². The molecular formula is C20H20ClN3O3S. The van der Waals surface area contributed by atoms with Crippen LogP contribution in [0.2, 0.25) is 5.02 Å². The summed E-state index contributed by atoms with van der Waals surface area (Å²) in [6.45, 7) is 1.72. The van der Waals surface area contributed by atoms with Gasteiger partial charge in [0, 0.05) is 35.5 Å². The number of fused-ring (bicyclic) bond motifs is 1. The van der Waals surface area contributed by atoms with Crippen LogP contribution in [0.3, 0.4) is 0 Å². The Kier molecular flexibility index (Phi) is 5.75. The summed E-state index contributed by atoms with van der Waals surface area (Å²) >= 11 is 7.55. The Labute approximate surface area is 172 Å². The Hall–Kier alpha value is -2.22. The summed E-state index contributed by atoms with van der Waals surface area (Å²) in [6.07, 6.45) is 5.23. The van der Waals surface area contributed by atoms with Crippen LogP contribution in [-0.2, 0) is 27.3 Å². The lowest BCUT2D eigenvalue weighted by Crippen LogP contribution is -2.34. The van der Waals surface area contributed by atoms with Crippen LogP contribution in [0.25, 0.3) is 6.08 Å². The van der Waals surface area contributed by atoms with Gasteiger partial charge in [0.25, 0.3) is 5.91 Å². The largest absolute Gasteiger partial charge is 0.368 e. The molecule has 0 aliphatic carbocycles. The van der Waals surface area contributed by atoms with Gasteiger partial charge in [-0.25, -0.2) is 4.98 Å². The molecule has 28 heavy (non-hydrogen) atoms. The lowest BCUT2D eigenvalue weighted by molar-refractivity contribution is -0.127. The second kappa shape index (κ2) is 8.43. The quantitative estimate of drug-likeness (QED) is 0.772. The van der Waals surface area contributed by atoms with E-state index in [1.807, 2.05) is 18.2 Å². The maximum absolute atomic E-state index is 12.5. The zero-order valence-electron chi connectivity index (χ0n) is 15.2. The number of nitrogens with one attached hydrogen (secondary N) is 1. The van der Waals surface area contributed by atoms with Crippen molar-refractivity contribution in [1.82, 2.24) is 9.88 Å². The third kappa shape index (κ3) is 4.27. The smallest absolute Gasteiger partial charge is 0.255 e. The molecule has 2 aliphatic heterocycles. The third-order valence-corrected chi connectivity index (χ3v) is 6.15. The second-order valence-electron chi connectivity index (χ2n) is 6.74. The van der Waals surface area contributed by atoms with Gasteiger partial charge in [-0.3, -0.25) is 14.9 Å². The van der Waals surface area contributed by atoms with E-state index in [1.165, 1.54) is 11.3 Å². The van der Waals surface area contributed by atoms with Gasteiger partial charge in [0.05, 0.1) is 12.2 Å². The summed E-state index contributed by atoms with van der Waals surface area (Å²) in [4.78, 5) is 32.0. The lowest BCUT2D eigenvalue weighted by Gasteiger charge is -2.24. The first kappa shape index (κ1) is 19.1. The molecule has 3 heterocycles. The SMILES string of the molecule is O=C(Nc1nc2c(s1)CN(C(=O)/C=C/c1ccccc1Cl)CC2)[C@@H]1CCCO1. The van der Waals surface area contributed by atoms with Crippen LogP contribution in [0.1, 0.15) is 29.0 Å². The average Bonchev–Trinajstić information content (AvgIpc) is 3.36. The predicted molar refractivity (Wildman–Crippen MR) is 109 cm³/mol. The van der Waals surface area contributed by atoms with Crippen molar-refractivity contribution in [2.24, 2.45) is 0 Å². The Bertz CT molecular complexity index is 921. The number of rotatable bonds is 4. The minimum Gasteiger partial charge on any atom is -0.368 e. The molecule has 2 aliphatic rings. The summed E-state index contributed by atoms with van der Waals surface area (Å²) in [5, 5.41) is 4.04. The summed E-state index contributed by atoms with van der Waals surface area (Å²) in [6, 6.07) is 7.40. The molecule has 4 rings (SSSR count). The van der Waals surface area contributed by atoms with Crippen LogP contribution in [0.15, 0.2) is 30.3 Å². The molecule has 8 heteroatoms. The topological polar surface area (TPSA) is 71.5 Å². The third-order valence-electron chi connectivity index (χ3n) is 4.81. The Morgan fingerprint density at radius 2 is 2.21 bits per heavy atom. The fraction of sp³-hybridized carbons (Fsp3) is 0.350.